The second-order valence-electron chi connectivity index (χ2n) is 6.32. The van der Waals surface area contributed by atoms with Crippen molar-refractivity contribution in [1.82, 2.24) is 0 Å². The maximum atomic E-state index is 9.84. The lowest BCUT2D eigenvalue weighted by Crippen LogP contribution is -1.91. The highest BCUT2D eigenvalue weighted by atomic mass is 16.5. The highest BCUT2D eigenvalue weighted by molar-refractivity contribution is 5.80. The molecule has 0 aromatic rings. The van der Waals surface area contributed by atoms with Crippen molar-refractivity contribution in [1.29, 1.82) is 0 Å². The van der Waals surface area contributed by atoms with Crippen LogP contribution in [0.15, 0.2) is 12.7 Å². The Labute approximate surface area is 146 Å². The van der Waals surface area contributed by atoms with Crippen LogP contribution in [0, 0.1) is 0 Å². The highest BCUT2D eigenvalue weighted by Crippen LogP contribution is 2.13. The monoisotopic (exact) mass is 326 g/mol. The molecule has 0 aromatic carbocycles. The second-order valence-corrected chi connectivity index (χ2v) is 6.32. The minimum atomic E-state index is -0.394. The van der Waals surface area contributed by atoms with Crippen LogP contribution in [-0.2, 0) is 9.53 Å². The minimum absolute atomic E-state index is 0.394. The molecular formula is C21H42O2. The molecule has 2 nitrogen and oxygen atoms in total. The molecule has 0 aromatic heterocycles. The lowest BCUT2D eigenvalue weighted by Gasteiger charge is -2.02. The fourth-order valence-corrected chi connectivity index (χ4v) is 2.53. The number of hydrogen-bond donors (Lipinski definition) is 0. The molecule has 138 valence electrons. The molecule has 0 unspecified atom stereocenters. The molecular weight excluding hydrogens is 284 g/mol. The second kappa shape index (κ2) is 23.5. The van der Waals surface area contributed by atoms with E-state index in [4.69, 9.17) is 0 Å². The topological polar surface area (TPSA) is 26.3 Å². The Balaban J connectivity index is 0. The molecule has 0 rings (SSSR count). The van der Waals surface area contributed by atoms with E-state index in [1.807, 2.05) is 0 Å². The van der Waals surface area contributed by atoms with Gasteiger partial charge in [0.25, 0.3) is 0 Å². The summed E-state index contributed by atoms with van der Waals surface area (Å²) in [4.78, 5) is 9.84. The van der Waals surface area contributed by atoms with Crippen LogP contribution >= 0.6 is 0 Å². The Bertz CT molecular complexity index is 222. The Kier molecular flexibility index (Phi) is 25.0. The minimum Gasteiger partial charge on any atom is -0.466 e. The van der Waals surface area contributed by atoms with Crippen molar-refractivity contribution < 1.29 is 9.53 Å². The van der Waals surface area contributed by atoms with Gasteiger partial charge in [0.15, 0.2) is 0 Å². The smallest absolute Gasteiger partial charge is 0.329 e. The van der Waals surface area contributed by atoms with Crippen molar-refractivity contribution in [3.8, 4) is 0 Å². The van der Waals surface area contributed by atoms with Gasteiger partial charge in [-0.1, -0.05) is 117 Å². The van der Waals surface area contributed by atoms with Crippen LogP contribution in [0.3, 0.4) is 0 Å². The van der Waals surface area contributed by atoms with Crippen molar-refractivity contribution in [3.63, 3.8) is 0 Å². The fraction of sp³-hybridized carbons (Fsp3) is 0.857. The predicted octanol–water partition coefficient (Wildman–Crippen LogP) is 7.22. The predicted molar refractivity (Wildman–Crippen MR) is 103 cm³/mol. The summed E-state index contributed by atoms with van der Waals surface area (Å²) in [5.74, 6) is -0.394. The molecule has 0 spiro atoms. The van der Waals surface area contributed by atoms with E-state index in [1.54, 1.807) is 0 Å². The standard InChI is InChI=1S/C17H36.C4H6O2/c1-3-5-7-9-11-13-15-17-16-14-12-10-8-6-4-2;1-3-4(5)6-2/h3-17H2,1-2H3;3H,1H2,2H3. The Morgan fingerprint density at radius 1 is 0.696 bits per heavy atom. The van der Waals surface area contributed by atoms with Crippen LogP contribution in [0.5, 0.6) is 0 Å². The molecule has 0 heterocycles. The lowest BCUT2D eigenvalue weighted by molar-refractivity contribution is -0.134. The first-order valence-corrected chi connectivity index (χ1v) is 9.93. The van der Waals surface area contributed by atoms with Gasteiger partial charge in [0, 0.05) is 6.08 Å². The highest BCUT2D eigenvalue weighted by Gasteiger charge is 1.93. The number of methoxy groups -OCH3 is 1. The van der Waals surface area contributed by atoms with E-state index in [1.165, 1.54) is 103 Å². The molecule has 0 atom stereocenters. The average Bonchev–Trinajstić information content (AvgIpc) is 2.59. The molecule has 0 radical (unpaired) electrons. The van der Waals surface area contributed by atoms with Gasteiger partial charge in [0.1, 0.15) is 0 Å². The maximum Gasteiger partial charge on any atom is 0.329 e. The number of esters is 1. The number of rotatable bonds is 15. The van der Waals surface area contributed by atoms with Crippen LogP contribution in [0.1, 0.15) is 110 Å². The quantitative estimate of drug-likeness (QED) is 0.180. The largest absolute Gasteiger partial charge is 0.466 e. The Morgan fingerprint density at radius 3 is 1.09 bits per heavy atom. The van der Waals surface area contributed by atoms with Gasteiger partial charge in [-0.3, -0.25) is 0 Å². The summed E-state index contributed by atoms with van der Waals surface area (Å²) in [6.45, 7) is 7.74. The van der Waals surface area contributed by atoms with Crippen molar-refractivity contribution in [2.45, 2.75) is 110 Å². The van der Waals surface area contributed by atoms with Gasteiger partial charge in [-0.05, 0) is 0 Å². The van der Waals surface area contributed by atoms with Crippen molar-refractivity contribution in [2.75, 3.05) is 7.11 Å². The first-order chi connectivity index (χ1) is 11.2. The number of carbonyl (C=O) groups excluding carboxylic acids is 1. The summed E-state index contributed by atoms with van der Waals surface area (Å²) >= 11 is 0. The van der Waals surface area contributed by atoms with E-state index in [0.717, 1.165) is 6.08 Å². The fourth-order valence-electron chi connectivity index (χ4n) is 2.53. The zero-order chi connectivity index (χ0) is 17.6. The third-order valence-corrected chi connectivity index (χ3v) is 4.07. The van der Waals surface area contributed by atoms with Crippen LogP contribution < -0.4 is 0 Å². The lowest BCUT2D eigenvalue weighted by atomic mass is 10.0. The first-order valence-electron chi connectivity index (χ1n) is 9.93. The number of unbranched alkanes of at least 4 members (excludes halogenated alkanes) is 14. The zero-order valence-corrected chi connectivity index (χ0v) is 16.2. The molecule has 23 heavy (non-hydrogen) atoms. The van der Waals surface area contributed by atoms with Gasteiger partial charge in [0.2, 0.25) is 0 Å². The summed E-state index contributed by atoms with van der Waals surface area (Å²) in [5, 5.41) is 0. The SMILES string of the molecule is C=CC(=O)OC.CCCCCCCCCCCCCCCCC. The average molecular weight is 327 g/mol. The van der Waals surface area contributed by atoms with E-state index in [-0.39, 0.29) is 0 Å². The third kappa shape index (κ3) is 26.4. The number of ether oxygens (including phenoxy) is 1. The first kappa shape index (κ1) is 24.5. The van der Waals surface area contributed by atoms with Crippen LogP contribution in [-0.4, -0.2) is 13.1 Å². The van der Waals surface area contributed by atoms with Gasteiger partial charge >= 0.3 is 5.97 Å². The van der Waals surface area contributed by atoms with Gasteiger partial charge in [-0.2, -0.15) is 0 Å². The molecule has 0 N–H and O–H groups in total. The summed E-state index contributed by atoms with van der Waals surface area (Å²) in [6.07, 6.45) is 23.0. The normalized spacial score (nSPS) is 9.87. The van der Waals surface area contributed by atoms with E-state index < -0.39 is 5.97 Å². The molecule has 0 aliphatic rings. The summed E-state index contributed by atoms with van der Waals surface area (Å²) < 4.78 is 4.14. The van der Waals surface area contributed by atoms with Gasteiger partial charge < -0.3 is 4.74 Å². The molecule has 0 aliphatic carbocycles. The van der Waals surface area contributed by atoms with E-state index >= 15 is 0 Å². The van der Waals surface area contributed by atoms with Crippen LogP contribution in [0.4, 0.5) is 0 Å². The maximum absolute atomic E-state index is 9.84. The van der Waals surface area contributed by atoms with E-state index in [0.29, 0.717) is 0 Å². The molecule has 2 heteroatoms. The molecule has 0 fully saturated rings. The van der Waals surface area contributed by atoms with Crippen LogP contribution in [0.2, 0.25) is 0 Å². The Morgan fingerprint density at radius 2 is 0.957 bits per heavy atom. The third-order valence-electron chi connectivity index (χ3n) is 4.07. The van der Waals surface area contributed by atoms with Crippen LogP contribution in [0.25, 0.3) is 0 Å². The summed E-state index contributed by atoms with van der Waals surface area (Å²) in [5.41, 5.74) is 0. The van der Waals surface area contributed by atoms with Crippen molar-refractivity contribution in [2.24, 2.45) is 0 Å². The molecule has 0 bridgehead atoms. The molecule has 0 saturated heterocycles. The molecule has 0 saturated carbocycles. The molecule has 0 aliphatic heterocycles. The van der Waals surface area contributed by atoms with Crippen molar-refractivity contribution >= 4 is 5.97 Å². The zero-order valence-electron chi connectivity index (χ0n) is 16.2. The Hall–Kier alpha value is -0.790. The van der Waals surface area contributed by atoms with Gasteiger partial charge in [-0.15, -0.1) is 0 Å². The van der Waals surface area contributed by atoms with Gasteiger partial charge in [0.05, 0.1) is 7.11 Å². The summed E-state index contributed by atoms with van der Waals surface area (Å²) in [7, 11) is 1.31. The van der Waals surface area contributed by atoms with E-state index in [2.05, 4.69) is 25.2 Å². The van der Waals surface area contributed by atoms with Gasteiger partial charge in [-0.25, -0.2) is 4.79 Å². The number of carbonyl (C=O) groups is 1. The van der Waals surface area contributed by atoms with Crippen molar-refractivity contribution in [3.05, 3.63) is 12.7 Å². The summed E-state index contributed by atoms with van der Waals surface area (Å²) in [6, 6.07) is 0. The van der Waals surface area contributed by atoms with E-state index in [9.17, 15) is 4.79 Å². The molecule has 0 amide bonds. The number of hydrogen-bond acceptors (Lipinski definition) is 2.